The van der Waals surface area contributed by atoms with Gasteiger partial charge >= 0.3 is 0 Å². The first kappa shape index (κ1) is 14.4. The Morgan fingerprint density at radius 1 is 1.60 bits per heavy atom. The Kier molecular flexibility index (Phi) is 4.65. The highest BCUT2D eigenvalue weighted by Crippen LogP contribution is 2.21. The summed E-state index contributed by atoms with van der Waals surface area (Å²) in [6.45, 7) is 3.71. The maximum Gasteiger partial charge on any atom is 0.272 e. The number of ether oxygens (including phenoxy) is 1. The molecule has 0 spiro atoms. The molecule has 1 aromatic rings. The number of hydrogen-bond acceptors (Lipinski definition) is 5. The fourth-order valence-corrected chi connectivity index (χ4v) is 2.11. The average molecular weight is 279 g/mol. The number of anilines is 1. The standard InChI is InChI=1S/C13H17N3O4/c1-9-6-10(2-3-12(9)16(18)19)15-13(17)7-11-8-14-4-5-20-11/h2-3,6,11,14H,4-5,7-8H2,1H3,(H,15,17). The SMILES string of the molecule is Cc1cc(NC(=O)CC2CNCCO2)ccc1[N+](=O)[O-]. The minimum atomic E-state index is -0.442. The molecule has 1 unspecified atom stereocenters. The number of nitro groups is 1. The second-order valence-electron chi connectivity index (χ2n) is 4.71. The lowest BCUT2D eigenvalue weighted by atomic mass is 10.1. The van der Waals surface area contributed by atoms with E-state index in [0.717, 1.165) is 6.54 Å². The normalized spacial score (nSPS) is 18.6. The molecule has 0 saturated carbocycles. The van der Waals surface area contributed by atoms with Gasteiger partial charge in [0, 0.05) is 30.4 Å². The molecule has 1 atom stereocenters. The number of nitrogens with zero attached hydrogens (tertiary/aromatic N) is 1. The van der Waals surface area contributed by atoms with Gasteiger partial charge in [-0.1, -0.05) is 0 Å². The van der Waals surface area contributed by atoms with Crippen molar-refractivity contribution in [1.82, 2.24) is 5.32 Å². The van der Waals surface area contributed by atoms with E-state index in [1.54, 1.807) is 13.0 Å². The number of rotatable bonds is 4. The van der Waals surface area contributed by atoms with Crippen molar-refractivity contribution in [2.75, 3.05) is 25.0 Å². The van der Waals surface area contributed by atoms with Crippen LogP contribution in [0.3, 0.4) is 0 Å². The highest BCUT2D eigenvalue weighted by Gasteiger charge is 2.18. The van der Waals surface area contributed by atoms with Gasteiger partial charge in [-0.05, 0) is 19.1 Å². The summed E-state index contributed by atoms with van der Waals surface area (Å²) in [6.07, 6.45) is 0.145. The Bertz CT molecular complexity index is 512. The summed E-state index contributed by atoms with van der Waals surface area (Å²) in [4.78, 5) is 22.1. The van der Waals surface area contributed by atoms with E-state index in [4.69, 9.17) is 4.74 Å². The van der Waals surface area contributed by atoms with Gasteiger partial charge in [0.1, 0.15) is 0 Å². The molecule has 108 valence electrons. The third kappa shape index (κ3) is 3.75. The van der Waals surface area contributed by atoms with Crippen LogP contribution >= 0.6 is 0 Å². The van der Waals surface area contributed by atoms with Crippen LogP contribution < -0.4 is 10.6 Å². The molecule has 0 aromatic heterocycles. The fraction of sp³-hybridized carbons (Fsp3) is 0.462. The second-order valence-corrected chi connectivity index (χ2v) is 4.71. The number of aryl methyl sites for hydroxylation is 1. The van der Waals surface area contributed by atoms with E-state index in [1.165, 1.54) is 12.1 Å². The third-order valence-electron chi connectivity index (χ3n) is 3.09. The average Bonchev–Trinajstić information content (AvgIpc) is 2.39. The Morgan fingerprint density at radius 3 is 3.00 bits per heavy atom. The van der Waals surface area contributed by atoms with Crippen molar-refractivity contribution in [3.63, 3.8) is 0 Å². The smallest absolute Gasteiger partial charge is 0.272 e. The van der Waals surface area contributed by atoms with E-state index in [9.17, 15) is 14.9 Å². The van der Waals surface area contributed by atoms with Crippen LogP contribution in [0.15, 0.2) is 18.2 Å². The number of amides is 1. The highest BCUT2D eigenvalue weighted by molar-refractivity contribution is 5.91. The topological polar surface area (TPSA) is 93.5 Å². The van der Waals surface area contributed by atoms with Crippen molar-refractivity contribution in [3.05, 3.63) is 33.9 Å². The molecule has 7 nitrogen and oxygen atoms in total. The summed E-state index contributed by atoms with van der Waals surface area (Å²) in [5.41, 5.74) is 1.12. The molecule has 7 heteroatoms. The summed E-state index contributed by atoms with van der Waals surface area (Å²) in [6, 6.07) is 4.52. The Hall–Kier alpha value is -1.99. The van der Waals surface area contributed by atoms with Gasteiger partial charge in [-0.15, -0.1) is 0 Å². The lowest BCUT2D eigenvalue weighted by molar-refractivity contribution is -0.385. The van der Waals surface area contributed by atoms with Crippen LogP contribution in [0.5, 0.6) is 0 Å². The molecule has 0 bridgehead atoms. The predicted octanol–water partition coefficient (Wildman–Crippen LogP) is 1.22. The van der Waals surface area contributed by atoms with E-state index in [0.29, 0.717) is 24.4 Å². The van der Waals surface area contributed by atoms with Crippen molar-refractivity contribution < 1.29 is 14.5 Å². The summed E-state index contributed by atoms with van der Waals surface area (Å²) < 4.78 is 5.45. The molecular weight excluding hydrogens is 262 g/mol. The van der Waals surface area contributed by atoms with Gasteiger partial charge in [0.2, 0.25) is 5.91 Å². The lowest BCUT2D eigenvalue weighted by Gasteiger charge is -2.23. The van der Waals surface area contributed by atoms with Crippen LogP contribution in [-0.4, -0.2) is 36.6 Å². The number of benzene rings is 1. The molecule has 20 heavy (non-hydrogen) atoms. The largest absolute Gasteiger partial charge is 0.375 e. The minimum Gasteiger partial charge on any atom is -0.375 e. The first-order chi connectivity index (χ1) is 9.56. The van der Waals surface area contributed by atoms with Crippen LogP contribution in [0.25, 0.3) is 0 Å². The Labute approximate surface area is 116 Å². The summed E-state index contributed by atoms with van der Waals surface area (Å²) in [5, 5.41) is 16.6. The van der Waals surface area contributed by atoms with Gasteiger partial charge in [-0.2, -0.15) is 0 Å². The van der Waals surface area contributed by atoms with Crippen LogP contribution in [0.4, 0.5) is 11.4 Å². The van der Waals surface area contributed by atoms with E-state index in [-0.39, 0.29) is 24.1 Å². The van der Waals surface area contributed by atoms with Gasteiger partial charge in [-0.25, -0.2) is 0 Å². The number of nitro benzene ring substituents is 1. The van der Waals surface area contributed by atoms with E-state index >= 15 is 0 Å². The molecule has 1 aliphatic heterocycles. The first-order valence-corrected chi connectivity index (χ1v) is 6.43. The fourth-order valence-electron chi connectivity index (χ4n) is 2.11. The third-order valence-corrected chi connectivity index (χ3v) is 3.09. The molecule has 1 saturated heterocycles. The maximum absolute atomic E-state index is 11.9. The van der Waals surface area contributed by atoms with Crippen molar-refractivity contribution in [2.24, 2.45) is 0 Å². The molecule has 2 rings (SSSR count). The monoisotopic (exact) mass is 279 g/mol. The van der Waals surface area contributed by atoms with Crippen LogP contribution in [-0.2, 0) is 9.53 Å². The van der Waals surface area contributed by atoms with Crippen LogP contribution in [0.2, 0.25) is 0 Å². The molecule has 0 aliphatic carbocycles. The number of carbonyl (C=O) groups excluding carboxylic acids is 1. The van der Waals surface area contributed by atoms with E-state index < -0.39 is 4.92 Å². The molecule has 1 aliphatic rings. The molecule has 2 N–H and O–H groups in total. The Morgan fingerprint density at radius 2 is 2.40 bits per heavy atom. The predicted molar refractivity (Wildman–Crippen MR) is 73.7 cm³/mol. The number of hydrogen-bond donors (Lipinski definition) is 2. The van der Waals surface area contributed by atoms with Crippen molar-refractivity contribution in [3.8, 4) is 0 Å². The van der Waals surface area contributed by atoms with Gasteiger partial charge in [0.15, 0.2) is 0 Å². The number of morpholine rings is 1. The summed E-state index contributed by atoms with van der Waals surface area (Å²) in [7, 11) is 0. The molecule has 1 heterocycles. The van der Waals surface area contributed by atoms with Crippen molar-refractivity contribution in [2.45, 2.75) is 19.4 Å². The van der Waals surface area contributed by atoms with Gasteiger partial charge in [-0.3, -0.25) is 14.9 Å². The zero-order chi connectivity index (χ0) is 14.5. The molecular formula is C13H17N3O4. The Balaban J connectivity index is 1.93. The molecule has 1 amide bonds. The van der Waals surface area contributed by atoms with Crippen molar-refractivity contribution >= 4 is 17.3 Å². The highest BCUT2D eigenvalue weighted by atomic mass is 16.6. The second kappa shape index (κ2) is 6.44. The zero-order valence-corrected chi connectivity index (χ0v) is 11.2. The molecule has 0 radical (unpaired) electrons. The van der Waals surface area contributed by atoms with Gasteiger partial charge < -0.3 is 15.4 Å². The summed E-state index contributed by atoms with van der Waals surface area (Å²) in [5.74, 6) is -0.160. The van der Waals surface area contributed by atoms with Crippen molar-refractivity contribution in [1.29, 1.82) is 0 Å². The van der Waals surface area contributed by atoms with Gasteiger partial charge in [0.05, 0.1) is 24.1 Å². The van der Waals surface area contributed by atoms with Crippen LogP contribution in [0.1, 0.15) is 12.0 Å². The van der Waals surface area contributed by atoms with Gasteiger partial charge in [0.25, 0.3) is 5.69 Å². The minimum absolute atomic E-state index is 0.0443. The van der Waals surface area contributed by atoms with E-state index in [2.05, 4.69) is 10.6 Å². The number of carbonyl (C=O) groups is 1. The number of nitrogens with one attached hydrogen (secondary N) is 2. The quantitative estimate of drug-likeness (QED) is 0.638. The molecule has 1 fully saturated rings. The maximum atomic E-state index is 11.9. The summed E-state index contributed by atoms with van der Waals surface area (Å²) >= 11 is 0. The zero-order valence-electron chi connectivity index (χ0n) is 11.2. The first-order valence-electron chi connectivity index (χ1n) is 6.43. The van der Waals surface area contributed by atoms with Crippen LogP contribution in [0, 0.1) is 17.0 Å². The van der Waals surface area contributed by atoms with E-state index in [1.807, 2.05) is 0 Å². The lowest BCUT2D eigenvalue weighted by Crippen LogP contribution is -2.40. The molecule has 1 aromatic carbocycles.